The number of hydrogen-bond acceptors (Lipinski definition) is 5. The second kappa shape index (κ2) is 6.75. The number of carbonyl (C=O) groups is 2. The number of aromatic nitrogens is 2. The van der Waals surface area contributed by atoms with Gasteiger partial charge in [-0.1, -0.05) is 12.1 Å². The molecule has 2 aromatic heterocycles. The molecule has 1 amide bonds. The van der Waals surface area contributed by atoms with Gasteiger partial charge in [-0.05, 0) is 36.6 Å². The molecule has 0 atom stereocenters. The van der Waals surface area contributed by atoms with Crippen LogP contribution in [0, 0.1) is 0 Å². The van der Waals surface area contributed by atoms with Crippen molar-refractivity contribution >= 4 is 28.6 Å². The summed E-state index contributed by atoms with van der Waals surface area (Å²) in [5.74, 6) is -0.170. The van der Waals surface area contributed by atoms with Crippen molar-refractivity contribution in [2.45, 2.75) is 19.9 Å². The van der Waals surface area contributed by atoms with Crippen LogP contribution in [-0.4, -0.2) is 39.6 Å². The maximum Gasteiger partial charge on any atom is 0.410 e. The number of fused-ring (bicyclic) bond motifs is 2. The molecule has 0 aliphatic carbocycles. The van der Waals surface area contributed by atoms with Crippen LogP contribution in [0.25, 0.3) is 10.9 Å². The number of anilines is 1. The monoisotopic (exact) mass is 364 g/mol. The first-order chi connectivity index (χ1) is 13.1. The zero-order valence-electron chi connectivity index (χ0n) is 15.0. The van der Waals surface area contributed by atoms with Crippen LogP contribution in [0.2, 0.25) is 0 Å². The molecule has 7 heteroatoms. The van der Waals surface area contributed by atoms with Crippen LogP contribution in [0.15, 0.2) is 42.9 Å². The third-order valence-electron chi connectivity index (χ3n) is 4.86. The van der Waals surface area contributed by atoms with Crippen LogP contribution in [0.3, 0.4) is 0 Å². The minimum atomic E-state index is -0.343. The summed E-state index contributed by atoms with van der Waals surface area (Å²) < 4.78 is 6.65. The van der Waals surface area contributed by atoms with Crippen LogP contribution in [0.5, 0.6) is 0 Å². The lowest BCUT2D eigenvalue weighted by molar-refractivity contribution is 0.0961. The predicted octanol–water partition coefficient (Wildman–Crippen LogP) is 2.82. The topological polar surface area (TPSA) is 90.5 Å². The zero-order valence-corrected chi connectivity index (χ0v) is 15.0. The lowest BCUT2D eigenvalue weighted by atomic mass is 9.97. The lowest BCUT2D eigenvalue weighted by Gasteiger charge is -2.28. The molecule has 3 heterocycles. The Morgan fingerprint density at radius 3 is 2.93 bits per heavy atom. The van der Waals surface area contributed by atoms with Gasteiger partial charge >= 0.3 is 6.09 Å². The van der Waals surface area contributed by atoms with Crippen molar-refractivity contribution in [3.05, 3.63) is 59.5 Å². The predicted molar refractivity (Wildman–Crippen MR) is 101 cm³/mol. The van der Waals surface area contributed by atoms with E-state index < -0.39 is 0 Å². The molecular formula is C20H20N4O3. The fourth-order valence-electron chi connectivity index (χ4n) is 3.57. The fraction of sp³-hybridized carbons (Fsp3) is 0.250. The second-order valence-electron chi connectivity index (χ2n) is 6.47. The van der Waals surface area contributed by atoms with Crippen molar-refractivity contribution in [1.29, 1.82) is 0 Å². The summed E-state index contributed by atoms with van der Waals surface area (Å²) in [5, 5.41) is 0.912. The van der Waals surface area contributed by atoms with Crippen LogP contribution in [0.1, 0.15) is 28.4 Å². The highest BCUT2D eigenvalue weighted by Crippen LogP contribution is 2.26. The maximum atomic E-state index is 13.2. The van der Waals surface area contributed by atoms with E-state index in [0.717, 1.165) is 16.5 Å². The largest absolute Gasteiger partial charge is 0.450 e. The van der Waals surface area contributed by atoms with E-state index in [1.807, 2.05) is 18.2 Å². The molecule has 138 valence electrons. The smallest absolute Gasteiger partial charge is 0.410 e. The number of para-hydroxylation sites is 1. The normalized spacial score (nSPS) is 13.4. The number of nitrogens with two attached hydrogens (primary N) is 1. The van der Waals surface area contributed by atoms with Gasteiger partial charge in [0.05, 0.1) is 29.9 Å². The molecule has 0 saturated heterocycles. The van der Waals surface area contributed by atoms with Crippen LogP contribution >= 0.6 is 0 Å². The highest BCUT2D eigenvalue weighted by atomic mass is 16.6. The van der Waals surface area contributed by atoms with Gasteiger partial charge in [0.1, 0.15) is 0 Å². The van der Waals surface area contributed by atoms with E-state index in [4.69, 9.17) is 10.5 Å². The number of pyridine rings is 1. The van der Waals surface area contributed by atoms with Gasteiger partial charge < -0.3 is 15.4 Å². The molecule has 2 N–H and O–H groups in total. The van der Waals surface area contributed by atoms with E-state index in [2.05, 4.69) is 4.98 Å². The maximum absolute atomic E-state index is 13.2. The van der Waals surface area contributed by atoms with Crippen molar-refractivity contribution in [1.82, 2.24) is 14.5 Å². The molecule has 0 fully saturated rings. The summed E-state index contributed by atoms with van der Waals surface area (Å²) in [6, 6.07) is 7.44. The number of nitrogens with zero attached hydrogens (tertiary/aromatic N) is 3. The molecule has 7 nitrogen and oxygen atoms in total. The van der Waals surface area contributed by atoms with E-state index in [0.29, 0.717) is 42.9 Å². The van der Waals surface area contributed by atoms with Crippen molar-refractivity contribution < 1.29 is 14.3 Å². The molecule has 0 spiro atoms. The minimum Gasteiger partial charge on any atom is -0.450 e. The van der Waals surface area contributed by atoms with E-state index in [9.17, 15) is 9.59 Å². The highest BCUT2D eigenvalue weighted by molar-refractivity contribution is 6.05. The number of amides is 1. The van der Waals surface area contributed by atoms with Crippen molar-refractivity contribution in [2.24, 2.45) is 0 Å². The summed E-state index contributed by atoms with van der Waals surface area (Å²) in [7, 11) is 0. The number of rotatable bonds is 2. The SMILES string of the molecule is CCOC(=O)N1CCc2c(cncc2C(=O)n2ccc3cccc(N)c32)C1. The molecule has 3 aromatic rings. The molecular weight excluding hydrogens is 344 g/mol. The van der Waals surface area contributed by atoms with Crippen molar-refractivity contribution in [3.63, 3.8) is 0 Å². The molecule has 1 aromatic carbocycles. The van der Waals surface area contributed by atoms with Gasteiger partial charge in [0.15, 0.2) is 0 Å². The highest BCUT2D eigenvalue weighted by Gasteiger charge is 2.26. The zero-order chi connectivity index (χ0) is 19.0. The van der Waals surface area contributed by atoms with Crippen molar-refractivity contribution in [3.8, 4) is 0 Å². The van der Waals surface area contributed by atoms with Crippen LogP contribution < -0.4 is 5.73 Å². The average Bonchev–Trinajstić information content (AvgIpc) is 3.12. The van der Waals surface area contributed by atoms with Crippen LogP contribution in [0.4, 0.5) is 10.5 Å². The van der Waals surface area contributed by atoms with E-state index in [1.165, 1.54) is 0 Å². The van der Waals surface area contributed by atoms with Gasteiger partial charge in [0.2, 0.25) is 0 Å². The van der Waals surface area contributed by atoms with Gasteiger partial charge in [-0.2, -0.15) is 0 Å². The summed E-state index contributed by atoms with van der Waals surface area (Å²) >= 11 is 0. The minimum absolute atomic E-state index is 0.170. The standard InChI is InChI=1S/C20H20N4O3/c1-2-27-20(26)23-8-7-15-14(12-23)10-22-11-16(15)19(25)24-9-6-13-4-3-5-17(21)18(13)24/h3-6,9-11H,2,7-8,12,21H2,1H3. The fourth-order valence-corrected chi connectivity index (χ4v) is 3.57. The number of carbonyl (C=O) groups excluding carboxylic acids is 2. The summed E-state index contributed by atoms with van der Waals surface area (Å²) in [4.78, 5) is 31.1. The Morgan fingerprint density at radius 2 is 2.11 bits per heavy atom. The Morgan fingerprint density at radius 1 is 1.26 bits per heavy atom. The van der Waals surface area contributed by atoms with E-state index in [-0.39, 0.29) is 12.0 Å². The summed E-state index contributed by atoms with van der Waals surface area (Å²) in [6.07, 6.45) is 5.26. The lowest BCUT2D eigenvalue weighted by Crippen LogP contribution is -2.37. The molecule has 1 aliphatic heterocycles. The van der Waals surface area contributed by atoms with E-state index in [1.54, 1.807) is 41.0 Å². The first kappa shape index (κ1) is 17.1. The number of nitrogen functional groups attached to an aromatic ring is 1. The second-order valence-corrected chi connectivity index (χ2v) is 6.47. The number of ether oxygens (including phenoxy) is 1. The first-order valence-electron chi connectivity index (χ1n) is 8.88. The Hall–Kier alpha value is -3.35. The molecule has 4 rings (SSSR count). The van der Waals surface area contributed by atoms with Crippen molar-refractivity contribution in [2.75, 3.05) is 18.9 Å². The summed E-state index contributed by atoms with van der Waals surface area (Å²) in [6.45, 7) is 3.00. The van der Waals surface area contributed by atoms with Gasteiger partial charge in [-0.3, -0.25) is 14.3 Å². The van der Waals surface area contributed by atoms with Gasteiger partial charge in [0, 0.05) is 30.5 Å². The van der Waals surface area contributed by atoms with Gasteiger partial charge in [-0.15, -0.1) is 0 Å². The summed E-state index contributed by atoms with van der Waals surface area (Å²) in [5.41, 5.74) is 9.67. The third kappa shape index (κ3) is 2.91. The molecule has 27 heavy (non-hydrogen) atoms. The van der Waals surface area contributed by atoms with Gasteiger partial charge in [-0.25, -0.2) is 4.79 Å². The third-order valence-corrected chi connectivity index (χ3v) is 4.86. The Kier molecular flexibility index (Phi) is 4.27. The number of hydrogen-bond donors (Lipinski definition) is 1. The van der Waals surface area contributed by atoms with Gasteiger partial charge in [0.25, 0.3) is 5.91 Å². The molecule has 0 bridgehead atoms. The quantitative estimate of drug-likeness (QED) is 0.706. The molecule has 0 radical (unpaired) electrons. The molecule has 1 aliphatic rings. The number of benzene rings is 1. The van der Waals surface area contributed by atoms with Crippen LogP contribution in [-0.2, 0) is 17.7 Å². The van der Waals surface area contributed by atoms with E-state index >= 15 is 0 Å². The average molecular weight is 364 g/mol. The Balaban J connectivity index is 1.71. The Bertz CT molecular complexity index is 1040. The molecule has 0 unspecified atom stereocenters. The Labute approximate surface area is 156 Å². The first-order valence-corrected chi connectivity index (χ1v) is 8.88. The molecule has 0 saturated carbocycles.